The summed E-state index contributed by atoms with van der Waals surface area (Å²) in [4.78, 5) is 24.6. The summed E-state index contributed by atoms with van der Waals surface area (Å²) >= 11 is 6.72. The number of nitriles is 1. The first-order valence-corrected chi connectivity index (χ1v) is 9.45. The van der Waals surface area contributed by atoms with Gasteiger partial charge < -0.3 is 0 Å². The molecule has 1 aliphatic heterocycles. The minimum atomic E-state index is -0.542. The van der Waals surface area contributed by atoms with Gasteiger partial charge in [0.2, 0.25) is 0 Å². The van der Waals surface area contributed by atoms with E-state index in [9.17, 15) is 14.9 Å². The van der Waals surface area contributed by atoms with E-state index in [0.29, 0.717) is 27.5 Å². The van der Waals surface area contributed by atoms with Gasteiger partial charge in [0.1, 0.15) is 11.6 Å². The van der Waals surface area contributed by atoms with Gasteiger partial charge in [0.15, 0.2) is 0 Å². The summed E-state index contributed by atoms with van der Waals surface area (Å²) in [5.74, 6) is -0.534. The van der Waals surface area contributed by atoms with Crippen LogP contribution in [0.3, 0.4) is 0 Å². The van der Waals surface area contributed by atoms with Crippen LogP contribution in [0.1, 0.15) is 15.9 Å². The SMILES string of the molecule is N#Cc1c2ccc(-c3ccccc3)c1N2SC(=O)NC(=O)c1cccc(Cl)c1. The first-order chi connectivity index (χ1) is 13.6. The lowest BCUT2D eigenvalue weighted by Crippen LogP contribution is -2.31. The molecule has 136 valence electrons. The molecule has 28 heavy (non-hydrogen) atoms. The van der Waals surface area contributed by atoms with Gasteiger partial charge >= 0.3 is 5.24 Å². The highest BCUT2D eigenvalue weighted by atomic mass is 35.5. The lowest BCUT2D eigenvalue weighted by molar-refractivity contribution is 0.0969. The van der Waals surface area contributed by atoms with Gasteiger partial charge in [0.25, 0.3) is 5.91 Å². The number of anilines is 2. The van der Waals surface area contributed by atoms with E-state index in [1.807, 2.05) is 36.4 Å². The van der Waals surface area contributed by atoms with Crippen LogP contribution < -0.4 is 9.62 Å². The molecule has 0 saturated carbocycles. The highest BCUT2D eigenvalue weighted by Gasteiger charge is 2.34. The molecule has 0 aliphatic carbocycles. The molecule has 0 saturated heterocycles. The number of rotatable bonds is 3. The molecular weight excluding hydrogens is 394 g/mol. The van der Waals surface area contributed by atoms with Crippen molar-refractivity contribution in [3.8, 4) is 17.2 Å². The number of carbonyl (C=O) groups excluding carboxylic acids is 2. The second-order valence-corrected chi connectivity index (χ2v) is 7.33. The number of nitrogens with zero attached hydrogens (tertiary/aromatic N) is 2. The van der Waals surface area contributed by atoms with Crippen LogP contribution in [0.5, 0.6) is 0 Å². The van der Waals surface area contributed by atoms with E-state index in [2.05, 4.69) is 11.4 Å². The highest BCUT2D eigenvalue weighted by Crippen LogP contribution is 2.53. The van der Waals surface area contributed by atoms with E-state index in [4.69, 9.17) is 11.6 Å². The van der Waals surface area contributed by atoms with Crippen LogP contribution in [0.15, 0.2) is 66.7 Å². The van der Waals surface area contributed by atoms with Crippen molar-refractivity contribution in [2.75, 3.05) is 4.31 Å². The fourth-order valence-electron chi connectivity index (χ4n) is 2.98. The summed E-state index contributed by atoms with van der Waals surface area (Å²) in [5.41, 5.74) is 3.94. The van der Waals surface area contributed by atoms with Crippen LogP contribution in [0.4, 0.5) is 16.2 Å². The second kappa shape index (κ2) is 7.39. The third-order valence-corrected chi connectivity index (χ3v) is 5.32. The largest absolute Gasteiger partial charge is 0.306 e. The van der Waals surface area contributed by atoms with Gasteiger partial charge in [-0.1, -0.05) is 54.1 Å². The maximum Gasteiger partial charge on any atom is 0.306 e. The Balaban J connectivity index is 1.53. The summed E-state index contributed by atoms with van der Waals surface area (Å²) < 4.78 is 1.67. The first-order valence-electron chi connectivity index (χ1n) is 8.30. The Labute approximate surface area is 170 Å². The molecule has 5 nitrogen and oxygen atoms in total. The molecule has 3 aromatic rings. The number of hydrogen-bond donors (Lipinski definition) is 1. The van der Waals surface area contributed by atoms with Crippen LogP contribution in [0, 0.1) is 11.3 Å². The summed E-state index contributed by atoms with van der Waals surface area (Å²) in [7, 11) is 0. The molecule has 0 atom stereocenters. The molecule has 7 heteroatoms. The zero-order valence-corrected chi connectivity index (χ0v) is 15.9. The number of nitrogens with one attached hydrogen (secondary N) is 1. The van der Waals surface area contributed by atoms with Crippen molar-refractivity contribution >= 4 is 46.1 Å². The van der Waals surface area contributed by atoms with E-state index in [-0.39, 0.29) is 0 Å². The maximum atomic E-state index is 12.4. The molecule has 0 aromatic heterocycles. The van der Waals surface area contributed by atoms with Crippen molar-refractivity contribution in [3.63, 3.8) is 0 Å². The summed E-state index contributed by atoms with van der Waals surface area (Å²) in [6, 6.07) is 21.9. The monoisotopic (exact) mass is 405 g/mol. The summed E-state index contributed by atoms with van der Waals surface area (Å²) in [5, 5.41) is 11.7. The van der Waals surface area contributed by atoms with Gasteiger partial charge in [-0.2, -0.15) is 5.26 Å². The quantitative estimate of drug-likeness (QED) is 0.580. The maximum absolute atomic E-state index is 12.4. The molecule has 1 aliphatic rings. The molecule has 2 bridgehead atoms. The minimum absolute atomic E-state index is 0.297. The third kappa shape index (κ3) is 3.22. The Bertz CT molecular complexity index is 1140. The molecule has 4 rings (SSSR count). The predicted molar refractivity (Wildman–Crippen MR) is 111 cm³/mol. The lowest BCUT2D eigenvalue weighted by atomic mass is 9.94. The Kier molecular flexibility index (Phi) is 4.78. The molecule has 0 fully saturated rings. The van der Waals surface area contributed by atoms with Gasteiger partial charge in [-0.15, -0.1) is 0 Å². The highest BCUT2D eigenvalue weighted by molar-refractivity contribution is 8.15. The van der Waals surface area contributed by atoms with E-state index < -0.39 is 11.1 Å². The smallest absolute Gasteiger partial charge is 0.282 e. The van der Waals surface area contributed by atoms with Gasteiger partial charge in [0, 0.05) is 16.1 Å². The summed E-state index contributed by atoms with van der Waals surface area (Å²) in [6.45, 7) is 0. The predicted octanol–water partition coefficient (Wildman–Crippen LogP) is 5.53. The average molecular weight is 406 g/mol. The van der Waals surface area contributed by atoms with Crippen LogP contribution in [0.2, 0.25) is 5.02 Å². The van der Waals surface area contributed by atoms with E-state index in [1.165, 1.54) is 6.07 Å². The number of carbonyl (C=O) groups is 2. The van der Waals surface area contributed by atoms with Gasteiger partial charge in [0.05, 0.1) is 23.3 Å². The molecule has 2 amide bonds. The van der Waals surface area contributed by atoms with Crippen molar-refractivity contribution in [2.45, 2.75) is 0 Å². The minimum Gasteiger partial charge on any atom is -0.282 e. The zero-order chi connectivity index (χ0) is 19.7. The van der Waals surface area contributed by atoms with Crippen LogP contribution in [-0.2, 0) is 0 Å². The fourth-order valence-corrected chi connectivity index (χ4v) is 4.01. The molecule has 3 aromatic carbocycles. The average Bonchev–Trinajstić information content (AvgIpc) is 2.72. The molecule has 0 unspecified atom stereocenters. The molecule has 1 N–H and O–H groups in total. The number of amides is 2. The lowest BCUT2D eigenvalue weighted by Gasteiger charge is -2.35. The molecule has 0 spiro atoms. The second-order valence-electron chi connectivity index (χ2n) is 5.97. The van der Waals surface area contributed by atoms with Crippen molar-refractivity contribution in [3.05, 3.63) is 82.9 Å². The first kappa shape index (κ1) is 18.1. The number of halogens is 1. The topological polar surface area (TPSA) is 73.2 Å². The molecular formula is C21H12ClN3O2S. The Morgan fingerprint density at radius 2 is 1.82 bits per heavy atom. The summed E-state index contributed by atoms with van der Waals surface area (Å²) in [6.07, 6.45) is 0. The standard InChI is InChI=1S/C21H12ClN3O2S/c22-15-8-4-7-14(11-15)20(26)24-21(27)28-25-18-10-9-16(19(25)17(18)12-23)13-5-2-1-3-6-13/h1-11H,(H,24,26,27). The number of imide groups is 1. The van der Waals surface area contributed by atoms with Crippen LogP contribution >= 0.6 is 23.5 Å². The Hall–Kier alpha value is -3.27. The molecule has 1 heterocycles. The van der Waals surface area contributed by atoms with E-state index in [0.717, 1.165) is 23.1 Å². The zero-order valence-electron chi connectivity index (χ0n) is 14.3. The third-order valence-electron chi connectivity index (χ3n) is 4.25. The van der Waals surface area contributed by atoms with E-state index in [1.54, 1.807) is 28.6 Å². The fraction of sp³-hybridized carbons (Fsp3) is 0. The van der Waals surface area contributed by atoms with Crippen molar-refractivity contribution < 1.29 is 9.59 Å². The Morgan fingerprint density at radius 1 is 1.04 bits per heavy atom. The van der Waals surface area contributed by atoms with Gasteiger partial charge in [-0.05, 0) is 29.8 Å². The number of fused-ring (bicyclic) bond motifs is 2. The normalized spacial score (nSPS) is 11.4. The molecule has 0 radical (unpaired) electrons. The Morgan fingerprint density at radius 3 is 2.54 bits per heavy atom. The van der Waals surface area contributed by atoms with Crippen LogP contribution in [-0.4, -0.2) is 11.1 Å². The van der Waals surface area contributed by atoms with Gasteiger partial charge in [-0.3, -0.25) is 19.2 Å². The number of hydrogen-bond acceptors (Lipinski definition) is 5. The van der Waals surface area contributed by atoms with Crippen molar-refractivity contribution in [2.24, 2.45) is 0 Å². The van der Waals surface area contributed by atoms with Gasteiger partial charge in [-0.25, -0.2) is 0 Å². The number of benzene rings is 3. The van der Waals surface area contributed by atoms with Crippen molar-refractivity contribution in [1.82, 2.24) is 5.32 Å². The van der Waals surface area contributed by atoms with Crippen LogP contribution in [0.25, 0.3) is 11.1 Å². The van der Waals surface area contributed by atoms with E-state index >= 15 is 0 Å². The van der Waals surface area contributed by atoms with Crippen molar-refractivity contribution in [1.29, 1.82) is 5.26 Å².